The van der Waals surface area contributed by atoms with Crippen molar-refractivity contribution in [2.75, 3.05) is 16.8 Å². The summed E-state index contributed by atoms with van der Waals surface area (Å²) in [6.45, 7) is 0.464. The first kappa shape index (κ1) is 20.6. The molecule has 7 heteroatoms. The Morgan fingerprint density at radius 3 is 2.30 bits per heavy atom. The second-order valence-electron chi connectivity index (χ2n) is 7.97. The van der Waals surface area contributed by atoms with Crippen LogP contribution in [-0.2, 0) is 16.0 Å². The minimum absolute atomic E-state index is 0.00827. The summed E-state index contributed by atoms with van der Waals surface area (Å²) in [5, 5.41) is 10.7. The number of benzene rings is 3. The van der Waals surface area contributed by atoms with Crippen LogP contribution in [0.2, 0.25) is 0 Å². The van der Waals surface area contributed by atoms with E-state index in [2.05, 4.69) is 15.5 Å². The van der Waals surface area contributed by atoms with Gasteiger partial charge in [-0.25, -0.2) is 0 Å². The van der Waals surface area contributed by atoms with Crippen LogP contribution in [0.25, 0.3) is 11.1 Å². The maximum absolute atomic E-state index is 12.5. The quantitative estimate of drug-likeness (QED) is 0.481. The lowest BCUT2D eigenvalue weighted by Gasteiger charge is -2.15. The van der Waals surface area contributed by atoms with Crippen molar-refractivity contribution in [3.8, 4) is 11.1 Å². The fourth-order valence-electron chi connectivity index (χ4n) is 3.98. The highest BCUT2D eigenvalue weighted by molar-refractivity contribution is 5.96. The third kappa shape index (κ3) is 4.67. The lowest BCUT2D eigenvalue weighted by Crippen LogP contribution is -2.24. The predicted molar refractivity (Wildman–Crippen MR) is 125 cm³/mol. The molecule has 2 amide bonds. The molecule has 0 bridgehead atoms. The van der Waals surface area contributed by atoms with E-state index in [9.17, 15) is 9.59 Å². The number of aromatic nitrogens is 2. The van der Waals surface area contributed by atoms with E-state index in [-0.39, 0.29) is 36.6 Å². The number of nitrogens with one attached hydrogen (secondary N) is 1. The average Bonchev–Trinajstić information content (AvgIpc) is 3.47. The Bertz CT molecular complexity index is 1250. The van der Waals surface area contributed by atoms with Crippen LogP contribution < -0.4 is 10.2 Å². The molecule has 1 unspecified atom stereocenters. The van der Waals surface area contributed by atoms with E-state index in [0.717, 1.165) is 22.4 Å². The van der Waals surface area contributed by atoms with Crippen molar-refractivity contribution in [1.29, 1.82) is 0 Å². The molecule has 0 aliphatic carbocycles. The molecule has 1 atom stereocenters. The van der Waals surface area contributed by atoms with Gasteiger partial charge in [0.2, 0.25) is 17.7 Å². The van der Waals surface area contributed by atoms with E-state index in [4.69, 9.17) is 4.42 Å². The summed E-state index contributed by atoms with van der Waals surface area (Å²) in [7, 11) is 0. The number of nitrogens with zero attached hydrogens (tertiary/aromatic N) is 3. The number of para-hydroxylation sites is 1. The summed E-state index contributed by atoms with van der Waals surface area (Å²) in [6.07, 6.45) is 0.481. The van der Waals surface area contributed by atoms with Gasteiger partial charge >= 0.3 is 6.01 Å². The predicted octanol–water partition coefficient (Wildman–Crippen LogP) is 4.44. The summed E-state index contributed by atoms with van der Waals surface area (Å²) in [6, 6.07) is 27.5. The molecule has 7 nitrogen and oxygen atoms in total. The SMILES string of the molecule is O=C(Cc1ccc(-c2ccccc2)cc1)Nc1nnc(C2CC(=O)N(c3ccccc3)C2)o1. The molecule has 0 saturated carbocycles. The van der Waals surface area contributed by atoms with Crippen molar-refractivity contribution >= 4 is 23.5 Å². The third-order valence-corrected chi connectivity index (χ3v) is 5.65. The van der Waals surface area contributed by atoms with Gasteiger partial charge in [0.1, 0.15) is 0 Å². The second-order valence-corrected chi connectivity index (χ2v) is 7.97. The number of carbonyl (C=O) groups is 2. The van der Waals surface area contributed by atoms with Gasteiger partial charge in [-0.3, -0.25) is 14.9 Å². The van der Waals surface area contributed by atoms with Gasteiger partial charge in [-0.1, -0.05) is 77.9 Å². The molecule has 1 aliphatic rings. The average molecular weight is 438 g/mol. The van der Waals surface area contributed by atoms with E-state index in [1.165, 1.54) is 0 Å². The Balaban J connectivity index is 1.19. The molecule has 1 fully saturated rings. The lowest BCUT2D eigenvalue weighted by molar-refractivity contribution is -0.117. The van der Waals surface area contributed by atoms with Gasteiger partial charge in [-0.05, 0) is 28.8 Å². The minimum Gasteiger partial charge on any atom is -0.407 e. The molecule has 33 heavy (non-hydrogen) atoms. The zero-order chi connectivity index (χ0) is 22.6. The van der Waals surface area contributed by atoms with Crippen molar-refractivity contribution in [2.24, 2.45) is 0 Å². The first-order chi connectivity index (χ1) is 16.2. The molecule has 1 aromatic heterocycles. The van der Waals surface area contributed by atoms with E-state index in [1.54, 1.807) is 4.90 Å². The Morgan fingerprint density at radius 2 is 1.58 bits per heavy atom. The Kier molecular flexibility index (Phi) is 5.68. The molecule has 1 saturated heterocycles. The molecule has 4 aromatic rings. The van der Waals surface area contributed by atoms with Crippen LogP contribution in [0.15, 0.2) is 89.3 Å². The summed E-state index contributed by atoms with van der Waals surface area (Å²) in [5.41, 5.74) is 3.95. The maximum Gasteiger partial charge on any atom is 0.322 e. The van der Waals surface area contributed by atoms with Gasteiger partial charge in [0.15, 0.2) is 0 Å². The molecule has 0 spiro atoms. The summed E-state index contributed by atoms with van der Waals surface area (Å²) in [5.74, 6) is -0.0920. The van der Waals surface area contributed by atoms with Gasteiger partial charge in [0.05, 0.1) is 12.3 Å². The summed E-state index contributed by atoms with van der Waals surface area (Å²) >= 11 is 0. The van der Waals surface area contributed by atoms with Crippen LogP contribution in [-0.4, -0.2) is 28.6 Å². The van der Waals surface area contributed by atoms with Crippen LogP contribution >= 0.6 is 0 Å². The molecular weight excluding hydrogens is 416 g/mol. The number of hydrogen-bond acceptors (Lipinski definition) is 5. The number of amides is 2. The molecule has 0 radical (unpaired) electrons. The van der Waals surface area contributed by atoms with Gasteiger partial charge in [-0.15, -0.1) is 5.10 Å². The molecule has 5 rings (SSSR count). The first-order valence-corrected chi connectivity index (χ1v) is 10.8. The van der Waals surface area contributed by atoms with E-state index in [0.29, 0.717) is 12.4 Å². The van der Waals surface area contributed by atoms with Crippen LogP contribution in [0.4, 0.5) is 11.7 Å². The number of rotatable bonds is 6. The van der Waals surface area contributed by atoms with Crippen LogP contribution in [0.3, 0.4) is 0 Å². The molecule has 1 N–H and O–H groups in total. The fourth-order valence-corrected chi connectivity index (χ4v) is 3.98. The van der Waals surface area contributed by atoms with Crippen molar-refractivity contribution in [2.45, 2.75) is 18.8 Å². The highest BCUT2D eigenvalue weighted by atomic mass is 16.4. The molecule has 2 heterocycles. The summed E-state index contributed by atoms with van der Waals surface area (Å²) < 4.78 is 5.65. The number of hydrogen-bond donors (Lipinski definition) is 1. The second kappa shape index (κ2) is 9.08. The van der Waals surface area contributed by atoms with Crippen molar-refractivity contribution in [1.82, 2.24) is 10.2 Å². The van der Waals surface area contributed by atoms with E-state index < -0.39 is 0 Å². The number of anilines is 2. The zero-order valence-corrected chi connectivity index (χ0v) is 17.8. The molecule has 3 aromatic carbocycles. The van der Waals surface area contributed by atoms with Crippen LogP contribution in [0.5, 0.6) is 0 Å². The van der Waals surface area contributed by atoms with E-state index >= 15 is 0 Å². The fraction of sp³-hybridized carbons (Fsp3) is 0.154. The van der Waals surface area contributed by atoms with Crippen LogP contribution in [0.1, 0.15) is 23.8 Å². The largest absolute Gasteiger partial charge is 0.407 e. The van der Waals surface area contributed by atoms with Gasteiger partial charge in [-0.2, -0.15) is 0 Å². The Labute approximate surface area is 191 Å². The van der Waals surface area contributed by atoms with Gasteiger partial charge < -0.3 is 9.32 Å². The standard InChI is InChI=1S/C26H22N4O3/c31-23(15-18-11-13-20(14-12-18)19-7-3-1-4-8-19)27-26-29-28-25(33-26)21-16-24(32)30(17-21)22-9-5-2-6-10-22/h1-14,21H,15-17H2,(H,27,29,31). The van der Waals surface area contributed by atoms with Crippen LogP contribution in [0, 0.1) is 0 Å². The lowest BCUT2D eigenvalue weighted by atomic mass is 10.0. The highest BCUT2D eigenvalue weighted by Gasteiger charge is 2.35. The highest BCUT2D eigenvalue weighted by Crippen LogP contribution is 2.31. The molecule has 1 aliphatic heterocycles. The van der Waals surface area contributed by atoms with E-state index in [1.807, 2.05) is 84.9 Å². The molecular formula is C26H22N4O3. The normalized spacial score (nSPS) is 15.6. The van der Waals surface area contributed by atoms with Crippen molar-refractivity contribution in [3.05, 3.63) is 96.4 Å². The van der Waals surface area contributed by atoms with Crippen molar-refractivity contribution in [3.63, 3.8) is 0 Å². The maximum atomic E-state index is 12.5. The zero-order valence-electron chi connectivity index (χ0n) is 17.8. The monoisotopic (exact) mass is 438 g/mol. The first-order valence-electron chi connectivity index (χ1n) is 10.8. The Hall–Kier alpha value is -4.26. The van der Waals surface area contributed by atoms with Gasteiger partial charge in [0, 0.05) is 18.7 Å². The smallest absolute Gasteiger partial charge is 0.322 e. The Morgan fingerprint density at radius 1 is 0.909 bits per heavy atom. The third-order valence-electron chi connectivity index (χ3n) is 5.65. The topological polar surface area (TPSA) is 88.3 Å². The van der Waals surface area contributed by atoms with Crippen molar-refractivity contribution < 1.29 is 14.0 Å². The van der Waals surface area contributed by atoms with Gasteiger partial charge in [0.25, 0.3) is 0 Å². The summed E-state index contributed by atoms with van der Waals surface area (Å²) in [4.78, 5) is 26.6. The number of carbonyl (C=O) groups excluding carboxylic acids is 2. The minimum atomic E-state index is -0.244. The molecule has 164 valence electrons.